The summed E-state index contributed by atoms with van der Waals surface area (Å²) in [6.45, 7) is 0.925. The van der Waals surface area contributed by atoms with Crippen LogP contribution in [0.5, 0.6) is 11.5 Å². The zero-order valence-corrected chi connectivity index (χ0v) is 14.1. The van der Waals surface area contributed by atoms with E-state index in [1.807, 2.05) is 24.3 Å². The van der Waals surface area contributed by atoms with Gasteiger partial charge in [0.1, 0.15) is 23.9 Å². The Hall–Kier alpha value is -3.42. The van der Waals surface area contributed by atoms with Crippen LogP contribution in [0.15, 0.2) is 54.7 Å². The van der Waals surface area contributed by atoms with Crippen LogP contribution in [0.25, 0.3) is 0 Å². The van der Waals surface area contributed by atoms with Gasteiger partial charge < -0.3 is 20.1 Å². The van der Waals surface area contributed by atoms with Crippen LogP contribution in [0.4, 0.5) is 21.8 Å². The van der Waals surface area contributed by atoms with Gasteiger partial charge in [0, 0.05) is 5.69 Å². The Morgan fingerprint density at radius 2 is 1.88 bits per heavy atom. The normalized spacial score (nSPS) is 10.2. The second-order valence-electron chi connectivity index (χ2n) is 5.25. The topological polar surface area (TPSA) is 81.2 Å². The Bertz CT molecular complexity index is 845. The standard InChI is InChI=1S/C18H18FN5O2/c1-25-15-5-7-16(8-6-15)26-10-9-20-18-23-17(12-21-24-18)22-14-4-2-3-13(19)11-14/h2-8,11-12H,9-10H2,1H3,(H2,20,22,23,24). The maximum absolute atomic E-state index is 13.2. The van der Waals surface area contributed by atoms with Crippen molar-refractivity contribution in [2.75, 3.05) is 30.9 Å². The molecule has 3 rings (SSSR count). The van der Waals surface area contributed by atoms with Gasteiger partial charge in [-0.15, -0.1) is 5.10 Å². The number of nitrogens with one attached hydrogen (secondary N) is 2. The fourth-order valence-electron chi connectivity index (χ4n) is 2.16. The van der Waals surface area contributed by atoms with E-state index in [0.717, 1.165) is 11.5 Å². The predicted molar refractivity (Wildman–Crippen MR) is 96.5 cm³/mol. The monoisotopic (exact) mass is 355 g/mol. The van der Waals surface area contributed by atoms with Crippen LogP contribution in [-0.2, 0) is 0 Å². The summed E-state index contributed by atoms with van der Waals surface area (Å²) < 4.78 is 23.9. The first kappa shape index (κ1) is 17.4. The van der Waals surface area contributed by atoms with Crippen molar-refractivity contribution in [3.05, 3.63) is 60.5 Å². The molecule has 0 unspecified atom stereocenters. The molecule has 0 aliphatic carbocycles. The molecule has 0 saturated carbocycles. The average molecular weight is 355 g/mol. The Kier molecular flexibility index (Phi) is 5.76. The molecule has 8 heteroatoms. The highest BCUT2D eigenvalue weighted by Crippen LogP contribution is 2.17. The summed E-state index contributed by atoms with van der Waals surface area (Å²) >= 11 is 0. The van der Waals surface area contributed by atoms with E-state index in [1.54, 1.807) is 19.2 Å². The van der Waals surface area contributed by atoms with Gasteiger partial charge in [0.05, 0.1) is 19.9 Å². The molecule has 0 atom stereocenters. The lowest BCUT2D eigenvalue weighted by molar-refractivity contribution is 0.331. The molecule has 134 valence electrons. The molecule has 0 aliphatic heterocycles. The van der Waals surface area contributed by atoms with Crippen LogP contribution in [0, 0.1) is 5.82 Å². The molecule has 1 heterocycles. The summed E-state index contributed by atoms with van der Waals surface area (Å²) in [4.78, 5) is 4.27. The molecular weight excluding hydrogens is 337 g/mol. The molecule has 2 N–H and O–H groups in total. The SMILES string of the molecule is COc1ccc(OCCNc2nncc(Nc3cccc(F)c3)n2)cc1. The zero-order chi connectivity index (χ0) is 18.2. The number of nitrogens with zero attached hydrogens (tertiary/aromatic N) is 3. The number of hydrogen-bond acceptors (Lipinski definition) is 7. The first-order valence-electron chi connectivity index (χ1n) is 7.96. The lowest BCUT2D eigenvalue weighted by Crippen LogP contribution is -2.14. The molecule has 0 amide bonds. The van der Waals surface area contributed by atoms with E-state index in [0.29, 0.717) is 30.6 Å². The number of ether oxygens (including phenoxy) is 2. The van der Waals surface area contributed by atoms with E-state index in [-0.39, 0.29) is 5.82 Å². The van der Waals surface area contributed by atoms with E-state index >= 15 is 0 Å². The smallest absolute Gasteiger partial charge is 0.244 e. The fourth-order valence-corrected chi connectivity index (χ4v) is 2.16. The van der Waals surface area contributed by atoms with Crippen LogP contribution in [-0.4, -0.2) is 35.4 Å². The summed E-state index contributed by atoms with van der Waals surface area (Å²) in [5, 5.41) is 13.8. The maximum atomic E-state index is 13.2. The van der Waals surface area contributed by atoms with E-state index in [1.165, 1.54) is 18.3 Å². The molecule has 26 heavy (non-hydrogen) atoms. The number of rotatable bonds is 8. The summed E-state index contributed by atoms with van der Waals surface area (Å²) in [7, 11) is 1.62. The van der Waals surface area contributed by atoms with Crippen molar-refractivity contribution in [2.24, 2.45) is 0 Å². The molecule has 2 aromatic carbocycles. The van der Waals surface area contributed by atoms with Crippen LogP contribution < -0.4 is 20.1 Å². The average Bonchev–Trinajstić information content (AvgIpc) is 2.66. The number of benzene rings is 2. The fraction of sp³-hybridized carbons (Fsp3) is 0.167. The molecule has 0 saturated heterocycles. The lowest BCUT2D eigenvalue weighted by atomic mass is 10.3. The first-order valence-corrected chi connectivity index (χ1v) is 7.96. The van der Waals surface area contributed by atoms with Gasteiger partial charge in [-0.05, 0) is 42.5 Å². The quantitative estimate of drug-likeness (QED) is 0.600. The Morgan fingerprint density at radius 1 is 1.08 bits per heavy atom. The predicted octanol–water partition coefficient (Wildman–Crippen LogP) is 3.25. The summed E-state index contributed by atoms with van der Waals surface area (Å²) in [5.41, 5.74) is 0.583. The van der Waals surface area contributed by atoms with Gasteiger partial charge in [-0.2, -0.15) is 10.1 Å². The van der Waals surface area contributed by atoms with Gasteiger partial charge in [0.2, 0.25) is 5.95 Å². The van der Waals surface area contributed by atoms with Gasteiger partial charge in [0.15, 0.2) is 5.82 Å². The number of aromatic nitrogens is 3. The van der Waals surface area contributed by atoms with Crippen molar-refractivity contribution in [2.45, 2.75) is 0 Å². The van der Waals surface area contributed by atoms with E-state index in [2.05, 4.69) is 25.8 Å². The number of halogens is 1. The number of hydrogen-bond donors (Lipinski definition) is 2. The van der Waals surface area contributed by atoms with Crippen LogP contribution in [0.3, 0.4) is 0 Å². The van der Waals surface area contributed by atoms with Crippen LogP contribution in [0.2, 0.25) is 0 Å². The summed E-state index contributed by atoms with van der Waals surface area (Å²) in [6, 6.07) is 13.4. The number of anilines is 3. The van der Waals surface area contributed by atoms with Gasteiger partial charge in [0.25, 0.3) is 0 Å². The Morgan fingerprint density at radius 3 is 2.65 bits per heavy atom. The second kappa shape index (κ2) is 8.61. The molecule has 7 nitrogen and oxygen atoms in total. The Labute approximate surface area is 150 Å². The van der Waals surface area contributed by atoms with Crippen LogP contribution in [0.1, 0.15) is 0 Å². The van der Waals surface area contributed by atoms with Crippen molar-refractivity contribution >= 4 is 17.5 Å². The lowest BCUT2D eigenvalue weighted by Gasteiger charge is -2.09. The van der Waals surface area contributed by atoms with E-state index in [9.17, 15) is 4.39 Å². The van der Waals surface area contributed by atoms with Crippen molar-refractivity contribution in [1.29, 1.82) is 0 Å². The minimum absolute atomic E-state index is 0.328. The zero-order valence-electron chi connectivity index (χ0n) is 14.1. The first-order chi connectivity index (χ1) is 12.7. The van der Waals surface area contributed by atoms with Crippen molar-refractivity contribution < 1.29 is 13.9 Å². The summed E-state index contributed by atoms with van der Waals surface area (Å²) in [6.07, 6.45) is 1.46. The molecule has 1 aromatic heterocycles. The maximum Gasteiger partial charge on any atom is 0.244 e. The van der Waals surface area contributed by atoms with Crippen molar-refractivity contribution in [3.8, 4) is 11.5 Å². The van der Waals surface area contributed by atoms with Gasteiger partial charge >= 0.3 is 0 Å². The number of methoxy groups -OCH3 is 1. The largest absolute Gasteiger partial charge is 0.497 e. The molecule has 0 radical (unpaired) electrons. The molecule has 0 spiro atoms. The molecule has 3 aromatic rings. The third kappa shape index (κ3) is 5.04. The highest BCUT2D eigenvalue weighted by molar-refractivity contribution is 5.55. The highest BCUT2D eigenvalue weighted by Gasteiger charge is 2.02. The third-order valence-corrected chi connectivity index (χ3v) is 3.37. The molecule has 0 aliphatic rings. The Balaban J connectivity index is 1.49. The molecule has 0 fully saturated rings. The van der Waals surface area contributed by atoms with E-state index in [4.69, 9.17) is 9.47 Å². The molecule has 0 bridgehead atoms. The molecular formula is C18H18FN5O2. The minimum Gasteiger partial charge on any atom is -0.497 e. The van der Waals surface area contributed by atoms with E-state index < -0.39 is 0 Å². The van der Waals surface area contributed by atoms with Gasteiger partial charge in [-0.25, -0.2) is 4.39 Å². The van der Waals surface area contributed by atoms with Gasteiger partial charge in [-0.3, -0.25) is 0 Å². The second-order valence-corrected chi connectivity index (χ2v) is 5.25. The van der Waals surface area contributed by atoms with Crippen molar-refractivity contribution in [1.82, 2.24) is 15.2 Å². The third-order valence-electron chi connectivity index (χ3n) is 3.37. The van der Waals surface area contributed by atoms with Crippen molar-refractivity contribution in [3.63, 3.8) is 0 Å². The van der Waals surface area contributed by atoms with Gasteiger partial charge in [-0.1, -0.05) is 6.07 Å². The highest BCUT2D eigenvalue weighted by atomic mass is 19.1. The summed E-state index contributed by atoms with van der Waals surface area (Å²) in [5.74, 6) is 2.01. The van der Waals surface area contributed by atoms with Crippen LogP contribution >= 0.6 is 0 Å². The minimum atomic E-state index is -0.328.